The van der Waals surface area contributed by atoms with Crippen LogP contribution in [-0.2, 0) is 5.75 Å². The van der Waals surface area contributed by atoms with Gasteiger partial charge in [-0.1, -0.05) is 52.4 Å². The zero-order valence-electron chi connectivity index (χ0n) is 7.48. The molecule has 2 nitrogen and oxygen atoms in total. The van der Waals surface area contributed by atoms with Crippen LogP contribution in [0.2, 0.25) is 10.0 Å². The van der Waals surface area contributed by atoms with Gasteiger partial charge in [0, 0.05) is 5.75 Å². The van der Waals surface area contributed by atoms with Crippen molar-refractivity contribution in [2.24, 2.45) is 0 Å². The van der Waals surface area contributed by atoms with Crippen LogP contribution in [0, 0.1) is 0 Å². The van der Waals surface area contributed by atoms with Crippen molar-refractivity contribution in [2.45, 2.75) is 10.1 Å². The number of hydrogen-bond acceptors (Lipinski definition) is 4. The van der Waals surface area contributed by atoms with E-state index in [9.17, 15) is 0 Å². The van der Waals surface area contributed by atoms with E-state index in [1.54, 1.807) is 23.3 Å². The Hall–Kier alpha value is -0.290. The number of rotatable bonds is 3. The molecule has 0 fully saturated rings. The number of halogens is 2. The second kappa shape index (κ2) is 5.16. The van der Waals surface area contributed by atoms with E-state index in [0.717, 1.165) is 15.7 Å². The van der Waals surface area contributed by atoms with Crippen LogP contribution >= 0.6 is 46.3 Å². The van der Waals surface area contributed by atoms with Gasteiger partial charge >= 0.3 is 0 Å². The van der Waals surface area contributed by atoms with Crippen LogP contribution in [0.4, 0.5) is 0 Å². The molecule has 0 bridgehead atoms. The van der Waals surface area contributed by atoms with Crippen LogP contribution in [-0.4, -0.2) is 10.2 Å². The summed E-state index contributed by atoms with van der Waals surface area (Å²) < 4.78 is 0.959. The van der Waals surface area contributed by atoms with Gasteiger partial charge < -0.3 is 0 Å². The number of hydrogen-bond donors (Lipinski definition) is 0. The van der Waals surface area contributed by atoms with Crippen molar-refractivity contribution >= 4 is 46.3 Å². The smallest absolute Gasteiger partial charge is 0.146 e. The molecule has 0 saturated heterocycles. The van der Waals surface area contributed by atoms with E-state index >= 15 is 0 Å². The van der Waals surface area contributed by atoms with Crippen LogP contribution in [0.1, 0.15) is 5.56 Å². The highest BCUT2D eigenvalue weighted by Gasteiger charge is 2.02. The number of benzene rings is 1. The molecule has 15 heavy (non-hydrogen) atoms. The number of aromatic nitrogens is 2. The number of thioether (sulfide) groups is 1. The molecular weight excluding hydrogens is 271 g/mol. The molecule has 0 atom stereocenters. The Morgan fingerprint density at radius 1 is 1.27 bits per heavy atom. The minimum absolute atomic E-state index is 0.585. The molecule has 0 spiro atoms. The summed E-state index contributed by atoms with van der Waals surface area (Å²) in [5.41, 5.74) is 2.85. The molecule has 1 aromatic heterocycles. The summed E-state index contributed by atoms with van der Waals surface area (Å²) in [4.78, 5) is 0. The van der Waals surface area contributed by atoms with Crippen LogP contribution in [0.25, 0.3) is 0 Å². The molecule has 2 rings (SSSR count). The molecule has 6 heteroatoms. The highest BCUT2D eigenvalue weighted by molar-refractivity contribution is 8.00. The van der Waals surface area contributed by atoms with Gasteiger partial charge in [-0.05, 0) is 17.7 Å². The van der Waals surface area contributed by atoms with Crippen molar-refractivity contribution < 1.29 is 0 Å². The van der Waals surface area contributed by atoms with Crippen molar-refractivity contribution in [3.8, 4) is 0 Å². The lowest BCUT2D eigenvalue weighted by molar-refractivity contribution is 1.01. The maximum absolute atomic E-state index is 5.91. The van der Waals surface area contributed by atoms with Crippen molar-refractivity contribution in [1.82, 2.24) is 10.2 Å². The second-order valence-electron chi connectivity index (χ2n) is 2.74. The summed E-state index contributed by atoms with van der Waals surface area (Å²) in [6.07, 6.45) is 0. The highest BCUT2D eigenvalue weighted by Crippen LogP contribution is 2.27. The first-order valence-corrected chi connectivity index (χ1v) is 6.71. The molecule has 0 saturated carbocycles. The fraction of sp³-hybridized carbons (Fsp3) is 0.111. The van der Waals surface area contributed by atoms with Gasteiger partial charge in [0.05, 0.1) is 10.0 Å². The van der Waals surface area contributed by atoms with Gasteiger partial charge in [0.15, 0.2) is 4.34 Å². The van der Waals surface area contributed by atoms with E-state index in [2.05, 4.69) is 10.2 Å². The molecule has 0 aliphatic carbocycles. The van der Waals surface area contributed by atoms with Crippen LogP contribution in [0.15, 0.2) is 28.0 Å². The van der Waals surface area contributed by atoms with E-state index < -0.39 is 0 Å². The van der Waals surface area contributed by atoms with E-state index in [4.69, 9.17) is 23.2 Å². The third-order valence-electron chi connectivity index (χ3n) is 1.69. The topological polar surface area (TPSA) is 25.8 Å². The third-order valence-corrected chi connectivity index (χ3v) is 4.36. The Bertz CT molecular complexity index is 445. The first-order valence-electron chi connectivity index (χ1n) is 4.08. The third kappa shape index (κ3) is 3.08. The van der Waals surface area contributed by atoms with E-state index in [1.165, 1.54) is 11.3 Å². The van der Waals surface area contributed by atoms with Gasteiger partial charge in [-0.2, -0.15) is 0 Å². The molecule has 0 amide bonds. The molecule has 0 aliphatic rings. The Labute approximate surface area is 106 Å². The Kier molecular flexibility index (Phi) is 3.86. The van der Waals surface area contributed by atoms with Crippen LogP contribution in [0.3, 0.4) is 0 Å². The van der Waals surface area contributed by atoms with Crippen molar-refractivity contribution in [1.29, 1.82) is 0 Å². The minimum atomic E-state index is 0.585. The summed E-state index contributed by atoms with van der Waals surface area (Å²) in [5.74, 6) is 0.825. The second-order valence-corrected chi connectivity index (χ2v) is 5.61. The van der Waals surface area contributed by atoms with Gasteiger partial charge in [0.25, 0.3) is 0 Å². The lowest BCUT2D eigenvalue weighted by Crippen LogP contribution is -1.81. The lowest BCUT2D eigenvalue weighted by Gasteiger charge is -2.00. The standard InChI is InChI=1S/C9H6Cl2N2S2/c10-7-2-1-6(3-8(7)11)4-14-9-13-12-5-15-9/h1-3,5H,4H2. The van der Waals surface area contributed by atoms with Crippen molar-refractivity contribution in [3.05, 3.63) is 39.3 Å². The normalized spacial score (nSPS) is 10.5. The molecule has 2 aromatic rings. The average Bonchev–Trinajstić information content (AvgIpc) is 2.73. The first-order chi connectivity index (χ1) is 7.25. The Balaban J connectivity index is 2.02. The van der Waals surface area contributed by atoms with E-state index in [0.29, 0.717) is 10.0 Å². The first kappa shape index (κ1) is 11.2. The predicted octanol–water partition coefficient (Wildman–Crippen LogP) is 4.14. The molecular formula is C9H6Cl2N2S2. The maximum Gasteiger partial charge on any atom is 0.174 e. The van der Waals surface area contributed by atoms with Gasteiger partial charge in [0.2, 0.25) is 0 Å². The zero-order chi connectivity index (χ0) is 10.7. The van der Waals surface area contributed by atoms with E-state index in [-0.39, 0.29) is 0 Å². The van der Waals surface area contributed by atoms with Gasteiger partial charge in [-0.25, -0.2) is 0 Å². The van der Waals surface area contributed by atoms with Crippen molar-refractivity contribution in [3.63, 3.8) is 0 Å². The Morgan fingerprint density at radius 3 is 2.80 bits per heavy atom. The summed E-state index contributed by atoms with van der Waals surface area (Å²) >= 11 is 14.9. The fourth-order valence-electron chi connectivity index (χ4n) is 1.00. The fourth-order valence-corrected chi connectivity index (χ4v) is 2.75. The summed E-state index contributed by atoms with van der Waals surface area (Å²) in [6.45, 7) is 0. The molecule has 0 radical (unpaired) electrons. The van der Waals surface area contributed by atoms with E-state index in [1.807, 2.05) is 12.1 Å². The quantitative estimate of drug-likeness (QED) is 0.789. The van der Waals surface area contributed by atoms with Gasteiger partial charge in [0.1, 0.15) is 5.51 Å². The molecule has 1 heterocycles. The molecule has 78 valence electrons. The van der Waals surface area contributed by atoms with Crippen LogP contribution < -0.4 is 0 Å². The molecule has 0 unspecified atom stereocenters. The van der Waals surface area contributed by atoms with Crippen molar-refractivity contribution in [2.75, 3.05) is 0 Å². The Morgan fingerprint density at radius 2 is 2.13 bits per heavy atom. The molecule has 0 N–H and O–H groups in total. The van der Waals surface area contributed by atoms with Crippen LogP contribution in [0.5, 0.6) is 0 Å². The minimum Gasteiger partial charge on any atom is -0.146 e. The maximum atomic E-state index is 5.91. The van der Waals surface area contributed by atoms with Gasteiger partial charge in [-0.3, -0.25) is 0 Å². The summed E-state index contributed by atoms with van der Waals surface area (Å²) in [7, 11) is 0. The highest BCUT2D eigenvalue weighted by atomic mass is 35.5. The lowest BCUT2D eigenvalue weighted by atomic mass is 10.2. The molecule has 0 aliphatic heterocycles. The largest absolute Gasteiger partial charge is 0.174 e. The predicted molar refractivity (Wildman–Crippen MR) is 65.9 cm³/mol. The monoisotopic (exact) mass is 276 g/mol. The molecule has 1 aromatic carbocycles. The summed E-state index contributed by atoms with van der Waals surface area (Å²) in [6, 6.07) is 5.64. The summed E-state index contributed by atoms with van der Waals surface area (Å²) in [5, 5.41) is 8.88. The number of nitrogens with zero attached hydrogens (tertiary/aromatic N) is 2. The SMILES string of the molecule is Clc1ccc(CSc2nncs2)cc1Cl. The zero-order valence-corrected chi connectivity index (χ0v) is 10.6. The van der Waals surface area contributed by atoms with Gasteiger partial charge in [-0.15, -0.1) is 10.2 Å². The average molecular weight is 277 g/mol.